The first-order valence-corrected chi connectivity index (χ1v) is 23.1. The number of carbonyl (C=O) groups excluding carboxylic acids is 2. The minimum absolute atomic E-state index is 0.0280. The quantitative estimate of drug-likeness (QED) is 0.0588. The van der Waals surface area contributed by atoms with Crippen LogP contribution < -0.4 is 0 Å². The summed E-state index contributed by atoms with van der Waals surface area (Å²) >= 11 is 6.04. The van der Waals surface area contributed by atoms with Gasteiger partial charge in [-0.3, -0.25) is 4.79 Å². The monoisotopic (exact) mass is 819 g/mol. The fourth-order valence-corrected chi connectivity index (χ4v) is 17.3. The molecule has 0 radical (unpaired) electrons. The number of fused-ring (bicyclic) bond motifs is 3. The first-order chi connectivity index (χ1) is 26.4. The number of halogens is 1. The molecule has 13 heteroatoms. The maximum Gasteiger partial charge on any atom is 0.402 e. The van der Waals surface area contributed by atoms with Crippen LogP contribution in [0.3, 0.4) is 0 Å². The number of methoxy groups -OCH3 is 2. The van der Waals surface area contributed by atoms with Crippen LogP contribution in [0.2, 0.25) is 16.6 Å². The normalized spacial score (nSPS) is 40.5. The second-order valence-corrected chi connectivity index (χ2v) is 23.9. The molecule has 1 aliphatic carbocycles. The summed E-state index contributed by atoms with van der Waals surface area (Å²) in [4.78, 5) is 27.6. The van der Waals surface area contributed by atoms with Crippen molar-refractivity contribution in [3.05, 3.63) is 36.0 Å². The van der Waals surface area contributed by atoms with Gasteiger partial charge in [0, 0.05) is 50.2 Å². The van der Waals surface area contributed by atoms with E-state index in [0.717, 1.165) is 12.0 Å². The van der Waals surface area contributed by atoms with Gasteiger partial charge in [-0.15, -0.1) is 11.6 Å². The summed E-state index contributed by atoms with van der Waals surface area (Å²) in [6.07, 6.45) is 4.88. The number of hydrogen-bond acceptors (Lipinski definition) is 10. The van der Waals surface area contributed by atoms with E-state index in [0.29, 0.717) is 6.42 Å². The zero-order chi connectivity index (χ0) is 41.3. The molecule has 4 heterocycles. The van der Waals surface area contributed by atoms with E-state index in [1.807, 2.05) is 33.8 Å². The fraction of sp³-hybridized carbons (Fsp3) is 0.767. The van der Waals surface area contributed by atoms with Crippen LogP contribution in [0.1, 0.15) is 94.9 Å². The number of nitrogens with zero attached hydrogens (tertiary/aromatic N) is 1. The Labute approximate surface area is 340 Å². The minimum atomic E-state index is -2.47. The molecule has 0 aromatic heterocycles. The number of ether oxygens (including phenoxy) is 7. The highest BCUT2D eigenvalue weighted by Crippen LogP contribution is 2.50. The van der Waals surface area contributed by atoms with Gasteiger partial charge in [0.25, 0.3) is 0 Å². The van der Waals surface area contributed by atoms with Crippen molar-refractivity contribution in [3.63, 3.8) is 0 Å². The van der Waals surface area contributed by atoms with Crippen molar-refractivity contribution in [2.24, 2.45) is 17.8 Å². The third-order valence-corrected chi connectivity index (χ3v) is 20.2. The van der Waals surface area contributed by atoms with Crippen molar-refractivity contribution in [1.82, 2.24) is 4.57 Å². The Morgan fingerprint density at radius 1 is 1.00 bits per heavy atom. The lowest BCUT2D eigenvalue weighted by Gasteiger charge is -2.53. The first kappa shape index (κ1) is 44.9. The molecular formula is C43H66ClNO10Si. The lowest BCUT2D eigenvalue weighted by Crippen LogP contribution is -2.69. The molecule has 5 rings (SSSR count). The van der Waals surface area contributed by atoms with Crippen molar-refractivity contribution < 1.29 is 47.9 Å². The summed E-state index contributed by atoms with van der Waals surface area (Å²) in [6, 6.07) is -0.354. The van der Waals surface area contributed by atoms with Crippen LogP contribution in [-0.4, -0.2) is 110 Å². The van der Waals surface area contributed by atoms with Crippen LogP contribution in [0.15, 0.2) is 36.0 Å². The highest BCUT2D eigenvalue weighted by Gasteiger charge is 2.64. The SMILES string of the molecule is CO[C@H]1[C@H](O[C@H]2C[C@@]3(O)CC(=O)O[C@@H](/C=C/C=C/C#C[C@@H]4C[C@H]4Cl)C/C(C)=C/[C@@H](OC)[C@@H](C)[C@H](O3)[C@@H]2C)O[C@@H](C)[C@@H]2[C@H]1OC(=O)N2[Si](C(C)C)(C(C)C)C(C)C. The van der Waals surface area contributed by atoms with Gasteiger partial charge >= 0.3 is 12.1 Å². The first-order valence-electron chi connectivity index (χ1n) is 20.5. The van der Waals surface area contributed by atoms with Crippen LogP contribution in [-0.2, 0) is 38.0 Å². The smallest absolute Gasteiger partial charge is 0.402 e. The molecule has 5 aliphatic rings. The third kappa shape index (κ3) is 9.31. The Morgan fingerprint density at radius 2 is 1.66 bits per heavy atom. The molecular weight excluding hydrogens is 754 g/mol. The molecule has 0 spiro atoms. The average Bonchev–Trinajstić information content (AvgIpc) is 3.71. The number of allylic oxidation sites excluding steroid dienone is 3. The van der Waals surface area contributed by atoms with Crippen molar-refractivity contribution in [2.45, 2.75) is 178 Å². The van der Waals surface area contributed by atoms with Crippen LogP contribution >= 0.6 is 11.6 Å². The number of hydrogen-bond donors (Lipinski definition) is 1. The van der Waals surface area contributed by atoms with Gasteiger partial charge < -0.3 is 42.8 Å². The van der Waals surface area contributed by atoms with Crippen molar-refractivity contribution in [3.8, 4) is 11.8 Å². The summed E-state index contributed by atoms with van der Waals surface area (Å²) < 4.78 is 46.3. The fourth-order valence-electron chi connectivity index (χ4n) is 10.2. The second kappa shape index (κ2) is 18.4. The van der Waals surface area contributed by atoms with E-state index in [9.17, 15) is 14.7 Å². The molecule has 1 amide bonds. The number of cyclic esters (lactones) is 1. The molecule has 11 nitrogen and oxygen atoms in total. The van der Waals surface area contributed by atoms with Gasteiger partial charge in [-0.05, 0) is 49.0 Å². The predicted octanol–water partition coefficient (Wildman–Crippen LogP) is 7.66. The zero-order valence-electron chi connectivity index (χ0n) is 35.4. The Bertz CT molecular complexity index is 1530. The largest absolute Gasteiger partial charge is 0.458 e. The van der Waals surface area contributed by atoms with Crippen LogP contribution in [0.5, 0.6) is 0 Å². The lowest BCUT2D eigenvalue weighted by atomic mass is 9.79. The maximum absolute atomic E-state index is 14.0. The molecule has 1 saturated carbocycles. The van der Waals surface area contributed by atoms with E-state index in [2.05, 4.69) is 57.9 Å². The Morgan fingerprint density at radius 3 is 2.25 bits per heavy atom. The van der Waals surface area contributed by atoms with E-state index in [-0.39, 0.29) is 64.4 Å². The molecule has 3 saturated heterocycles. The van der Waals surface area contributed by atoms with E-state index < -0.39 is 69.3 Å². The van der Waals surface area contributed by atoms with Gasteiger partial charge in [-0.2, -0.15) is 0 Å². The second-order valence-electron chi connectivity index (χ2n) is 17.6. The summed E-state index contributed by atoms with van der Waals surface area (Å²) in [6.45, 7) is 21.3. The number of alkyl halides is 1. The molecule has 1 N–H and O–H groups in total. The van der Waals surface area contributed by atoms with E-state index in [1.54, 1.807) is 38.5 Å². The van der Waals surface area contributed by atoms with Crippen molar-refractivity contribution >= 4 is 31.9 Å². The maximum atomic E-state index is 14.0. The molecule has 2 bridgehead atoms. The topological polar surface area (TPSA) is 122 Å². The summed E-state index contributed by atoms with van der Waals surface area (Å²) in [5.74, 6) is 3.36. The number of carbonyl (C=O) groups is 2. The van der Waals surface area contributed by atoms with Crippen molar-refractivity contribution in [2.75, 3.05) is 14.2 Å². The standard InChI is InChI=1S/C43H66ClNO10Si/c1-24(2)56(25(3)4,26(5)6)45-37-30(10)51-41(40(50-12)39(37)54-42(45)47)53-35-22-43(48)23-36(46)52-32(18-16-14-13-15-17-31-21-33(31)44)19-27(7)20-34(49-11)28(8)38(55-43)29(35)9/h13-14,16,18,20,24-26,28-35,37-41,48H,19,21-23H2,1-12H3/b14-13+,18-16+,27-20+/t28-,29-,30+,31-,32+,33-,34-,35+,37-,38+,39-,40-,41+,43+/m1/s1. The highest BCUT2D eigenvalue weighted by molar-refractivity contribution is 6.82. The van der Waals surface area contributed by atoms with E-state index in [1.165, 1.54) is 0 Å². The highest BCUT2D eigenvalue weighted by atomic mass is 35.5. The number of amides is 1. The van der Waals surface area contributed by atoms with Crippen molar-refractivity contribution in [1.29, 1.82) is 0 Å². The molecule has 0 aromatic carbocycles. The number of aliphatic hydroxyl groups is 1. The molecule has 4 fully saturated rings. The van der Waals surface area contributed by atoms with Gasteiger partial charge in [-0.25, -0.2) is 4.79 Å². The lowest BCUT2D eigenvalue weighted by molar-refractivity contribution is -0.341. The molecule has 0 aromatic rings. The van der Waals surface area contributed by atoms with Gasteiger partial charge in [0.1, 0.15) is 12.2 Å². The van der Waals surface area contributed by atoms with Crippen LogP contribution in [0.4, 0.5) is 4.79 Å². The average molecular weight is 821 g/mol. The van der Waals surface area contributed by atoms with Gasteiger partial charge in [0.05, 0.1) is 36.9 Å². The molecule has 56 heavy (non-hydrogen) atoms. The molecule has 14 atom stereocenters. The zero-order valence-corrected chi connectivity index (χ0v) is 37.2. The summed E-state index contributed by atoms with van der Waals surface area (Å²) in [7, 11) is 0.753. The number of esters is 1. The summed E-state index contributed by atoms with van der Waals surface area (Å²) in [5.41, 5.74) is 1.80. The third-order valence-electron chi connectivity index (χ3n) is 12.8. The Kier molecular flexibility index (Phi) is 14.7. The molecule has 4 aliphatic heterocycles. The van der Waals surface area contributed by atoms with Gasteiger partial charge in [0.15, 0.2) is 26.4 Å². The predicted molar refractivity (Wildman–Crippen MR) is 217 cm³/mol. The van der Waals surface area contributed by atoms with Crippen LogP contribution in [0, 0.1) is 29.6 Å². The van der Waals surface area contributed by atoms with Crippen LogP contribution in [0.25, 0.3) is 0 Å². The minimum Gasteiger partial charge on any atom is -0.458 e. The van der Waals surface area contributed by atoms with E-state index >= 15 is 0 Å². The van der Waals surface area contributed by atoms with Gasteiger partial charge in [0.2, 0.25) is 0 Å². The Balaban J connectivity index is 1.39. The summed E-state index contributed by atoms with van der Waals surface area (Å²) in [5, 5.41) is 12.3. The number of rotatable bonds is 10. The molecule has 0 unspecified atom stereocenters. The Hall–Kier alpha value is -2.21. The molecule has 314 valence electrons. The van der Waals surface area contributed by atoms with Gasteiger partial charge in [-0.1, -0.05) is 91.0 Å². The van der Waals surface area contributed by atoms with E-state index in [4.69, 9.17) is 44.8 Å².